The van der Waals surface area contributed by atoms with Crippen molar-refractivity contribution in [3.63, 3.8) is 0 Å². The van der Waals surface area contributed by atoms with Crippen LogP contribution < -0.4 is 10.1 Å². The number of aryl methyl sites for hydroxylation is 1. The Morgan fingerprint density at radius 1 is 1.05 bits per heavy atom. The van der Waals surface area contributed by atoms with Crippen molar-refractivity contribution in [2.45, 2.75) is 51.3 Å². The van der Waals surface area contributed by atoms with Gasteiger partial charge in [0.2, 0.25) is 5.95 Å². The predicted octanol–water partition coefficient (Wildman–Crippen LogP) is 6.69. The lowest BCUT2D eigenvalue weighted by Crippen LogP contribution is -2.22. The topological polar surface area (TPSA) is 120 Å². The number of carbonyl (C=O) groups is 2. The number of alkyl halides is 3. The highest BCUT2D eigenvalue weighted by molar-refractivity contribution is 7.93. The molecule has 0 saturated heterocycles. The van der Waals surface area contributed by atoms with Crippen LogP contribution in [-0.4, -0.2) is 38.0 Å². The molecular weight excluding hydrogens is 556 g/mol. The van der Waals surface area contributed by atoms with E-state index in [1.807, 2.05) is 0 Å². The van der Waals surface area contributed by atoms with Gasteiger partial charge >= 0.3 is 12.3 Å². The van der Waals surface area contributed by atoms with Crippen LogP contribution in [0.1, 0.15) is 48.1 Å². The van der Waals surface area contributed by atoms with Crippen molar-refractivity contribution in [1.29, 1.82) is 0 Å². The van der Waals surface area contributed by atoms with E-state index in [-0.39, 0.29) is 27.8 Å². The van der Waals surface area contributed by atoms with Gasteiger partial charge in [-0.2, -0.15) is 17.6 Å². The summed E-state index contributed by atoms with van der Waals surface area (Å²) < 4.78 is 81.8. The molecule has 1 N–H and O–H groups in total. The van der Waals surface area contributed by atoms with E-state index in [9.17, 15) is 31.4 Å². The first-order chi connectivity index (χ1) is 18.4. The number of rotatable bonds is 5. The van der Waals surface area contributed by atoms with Crippen LogP contribution in [0.3, 0.4) is 0 Å². The van der Waals surface area contributed by atoms with E-state index < -0.39 is 56.3 Å². The summed E-state index contributed by atoms with van der Waals surface area (Å²) in [7, 11) is -3.32. The van der Waals surface area contributed by atoms with Gasteiger partial charge in [-0.3, -0.25) is 4.79 Å². The van der Waals surface area contributed by atoms with E-state index in [1.54, 1.807) is 20.8 Å². The smallest absolute Gasteiger partial charge is 0.442 e. The summed E-state index contributed by atoms with van der Waals surface area (Å²) in [6.07, 6.45) is -3.98. The molecule has 0 spiro atoms. The minimum Gasteiger partial charge on any atom is -0.453 e. The number of nitrogens with zero attached hydrogens (tertiary/aromatic N) is 3. The van der Waals surface area contributed by atoms with Crippen molar-refractivity contribution in [1.82, 2.24) is 9.97 Å². The summed E-state index contributed by atoms with van der Waals surface area (Å²) in [5, 5.41) is 2.46. The number of hydrogen-bond acceptors (Lipinski definition) is 7. The van der Waals surface area contributed by atoms with Gasteiger partial charge in [-0.15, -0.1) is 4.36 Å². The first kappa shape index (κ1) is 30.5. The number of hydrogen-bond donors (Lipinski definition) is 1. The van der Waals surface area contributed by atoms with Gasteiger partial charge in [0.1, 0.15) is 17.0 Å². The van der Waals surface area contributed by atoms with Gasteiger partial charge in [-0.05, 0) is 70.5 Å². The highest BCUT2D eigenvalue weighted by Gasteiger charge is 2.37. The van der Waals surface area contributed by atoms with Gasteiger partial charge in [0.25, 0.3) is 5.91 Å². The summed E-state index contributed by atoms with van der Waals surface area (Å²) in [5.74, 6) is -2.14. The Morgan fingerprint density at radius 2 is 1.73 bits per heavy atom. The van der Waals surface area contributed by atoms with Gasteiger partial charge in [0.15, 0.2) is 5.75 Å². The van der Waals surface area contributed by atoms with Crippen LogP contribution in [-0.2, 0) is 20.6 Å². The average molecular weight is 583 g/mol. The molecule has 1 aromatic carbocycles. The Kier molecular flexibility index (Phi) is 8.53. The van der Waals surface area contributed by atoms with E-state index >= 15 is 0 Å². The highest BCUT2D eigenvalue weighted by Crippen LogP contribution is 2.36. The molecule has 2 amide bonds. The number of benzene rings is 1. The molecule has 214 valence electrons. The fourth-order valence-electron chi connectivity index (χ4n) is 3.46. The quantitative estimate of drug-likeness (QED) is 0.263. The van der Waals surface area contributed by atoms with E-state index in [1.165, 1.54) is 43.5 Å². The molecule has 0 aliphatic rings. The molecule has 14 heteroatoms. The van der Waals surface area contributed by atoms with Crippen LogP contribution in [0.5, 0.6) is 11.5 Å². The van der Waals surface area contributed by atoms with Crippen molar-refractivity contribution >= 4 is 27.4 Å². The Balaban J connectivity index is 2.02. The van der Waals surface area contributed by atoms with Crippen molar-refractivity contribution in [2.75, 3.05) is 11.6 Å². The van der Waals surface area contributed by atoms with Gasteiger partial charge < -0.3 is 14.8 Å². The molecule has 0 aliphatic carbocycles. The summed E-state index contributed by atoms with van der Waals surface area (Å²) in [6.45, 7) is 7.32. The number of amides is 2. The monoisotopic (exact) mass is 582 g/mol. The molecule has 3 aromatic rings. The lowest BCUT2D eigenvalue weighted by atomic mass is 10.1. The largest absolute Gasteiger partial charge is 0.453 e. The fourth-order valence-corrected chi connectivity index (χ4v) is 4.56. The average Bonchev–Trinajstić information content (AvgIpc) is 2.78. The van der Waals surface area contributed by atoms with Gasteiger partial charge in [0.05, 0.1) is 27.2 Å². The number of halogens is 4. The summed E-state index contributed by atoms with van der Waals surface area (Å²) in [4.78, 5) is 32.5. The molecule has 0 unspecified atom stereocenters. The van der Waals surface area contributed by atoms with Crippen LogP contribution in [0.2, 0.25) is 0 Å². The number of nitrogens with one attached hydrogen (secondary N) is 1. The second-order valence-electron chi connectivity index (χ2n) is 9.64. The summed E-state index contributed by atoms with van der Waals surface area (Å²) in [5.41, 5.74) is -3.06. The molecular formula is C26H26F4N4O5S. The lowest BCUT2D eigenvalue weighted by molar-refractivity contribution is -0.141. The van der Waals surface area contributed by atoms with Crippen LogP contribution in [0.4, 0.5) is 28.0 Å². The summed E-state index contributed by atoms with van der Waals surface area (Å²) in [6, 6.07) is 7.70. The molecule has 40 heavy (non-hydrogen) atoms. The molecule has 0 fully saturated rings. The molecule has 0 aliphatic heterocycles. The Bertz CT molecular complexity index is 1590. The maximum Gasteiger partial charge on any atom is 0.442 e. The first-order valence-corrected chi connectivity index (χ1v) is 13.5. The van der Waals surface area contributed by atoms with E-state index in [0.717, 1.165) is 19.2 Å². The van der Waals surface area contributed by atoms with Gasteiger partial charge in [0, 0.05) is 16.8 Å². The normalized spacial score (nSPS) is 13.2. The predicted molar refractivity (Wildman–Crippen MR) is 138 cm³/mol. The van der Waals surface area contributed by atoms with Gasteiger partial charge in [-0.1, -0.05) is 6.07 Å². The number of pyridine rings is 2. The number of anilines is 1. The molecule has 1 atom stereocenters. The number of aromatic nitrogens is 2. The maximum absolute atomic E-state index is 13.6. The minimum atomic E-state index is -4.87. The van der Waals surface area contributed by atoms with Crippen LogP contribution >= 0.6 is 0 Å². The standard InChI is InChI=1S/C26H26F4N4O5S/c1-14-21(19(13-31-22(14)26(28,29)30)38-18-10-11-20(27)32-15(18)2)23(35)33-16-8-7-9-17(12-16)40(6,37)34-24(36)39-25(3,4)5/h7-13H,1-6H3,(H,33,35)/t40-/m1/s1. The third-order valence-corrected chi connectivity index (χ3v) is 6.80. The SMILES string of the molecule is Cc1nc(F)ccc1Oc1cnc(C(F)(F)F)c(C)c1C(=O)Nc1cccc([S@@](C)(=O)=NC(=O)OC(C)(C)C)c1. The van der Waals surface area contributed by atoms with E-state index in [0.29, 0.717) is 0 Å². The first-order valence-electron chi connectivity index (χ1n) is 11.6. The van der Waals surface area contributed by atoms with E-state index in [2.05, 4.69) is 19.6 Å². The molecule has 0 saturated carbocycles. The molecule has 0 radical (unpaired) electrons. The third-order valence-electron chi connectivity index (χ3n) is 5.18. The molecule has 2 aromatic heterocycles. The molecule has 9 nitrogen and oxygen atoms in total. The van der Waals surface area contributed by atoms with Crippen LogP contribution in [0.15, 0.2) is 51.9 Å². The van der Waals surface area contributed by atoms with Crippen LogP contribution in [0, 0.1) is 19.8 Å². The zero-order valence-electron chi connectivity index (χ0n) is 22.3. The maximum atomic E-state index is 13.6. The van der Waals surface area contributed by atoms with Crippen molar-refractivity contribution < 1.29 is 40.8 Å². The minimum absolute atomic E-state index is 0.00659. The second-order valence-corrected chi connectivity index (χ2v) is 11.9. The zero-order chi connectivity index (χ0) is 30.0. The number of ether oxygens (including phenoxy) is 2. The lowest BCUT2D eigenvalue weighted by Gasteiger charge is -2.18. The van der Waals surface area contributed by atoms with Crippen molar-refractivity contribution in [3.8, 4) is 11.5 Å². The van der Waals surface area contributed by atoms with Gasteiger partial charge in [-0.25, -0.2) is 19.0 Å². The zero-order valence-corrected chi connectivity index (χ0v) is 23.2. The van der Waals surface area contributed by atoms with E-state index in [4.69, 9.17) is 9.47 Å². The second kappa shape index (κ2) is 11.2. The Hall–Kier alpha value is -4.07. The summed E-state index contributed by atoms with van der Waals surface area (Å²) >= 11 is 0. The van der Waals surface area contributed by atoms with Crippen molar-refractivity contribution in [3.05, 3.63) is 71.1 Å². The Morgan fingerprint density at radius 3 is 2.33 bits per heavy atom. The fraction of sp³-hybridized carbons (Fsp3) is 0.308. The molecule has 0 bridgehead atoms. The van der Waals surface area contributed by atoms with Crippen molar-refractivity contribution in [2.24, 2.45) is 4.36 Å². The molecule has 2 heterocycles. The van der Waals surface area contributed by atoms with Crippen LogP contribution in [0.25, 0.3) is 0 Å². The highest BCUT2D eigenvalue weighted by atomic mass is 32.2. The Labute approximate surface area is 228 Å². The number of carbonyl (C=O) groups excluding carboxylic acids is 2. The third kappa shape index (κ3) is 7.52. The molecule has 3 rings (SSSR count).